The second-order valence-corrected chi connectivity index (χ2v) is 4.79. The first kappa shape index (κ1) is 11.7. The molecule has 2 aromatic rings. The Labute approximate surface area is 113 Å². The van der Waals surface area contributed by atoms with Gasteiger partial charge in [0.15, 0.2) is 0 Å². The van der Waals surface area contributed by atoms with Crippen LogP contribution in [0.4, 0.5) is 0 Å². The molecular formula is C18H15N. The van der Waals surface area contributed by atoms with E-state index in [4.69, 9.17) is 5.26 Å². The molecule has 0 spiro atoms. The van der Waals surface area contributed by atoms with Crippen molar-refractivity contribution in [2.24, 2.45) is 0 Å². The number of nitriles is 1. The minimum atomic E-state index is 0.456. The normalized spacial score (nSPS) is 12.9. The molecule has 0 saturated heterocycles. The number of benzene rings is 2. The first-order valence-electron chi connectivity index (χ1n) is 6.64. The SMILES string of the molecule is N#CCC=C1c2ccccc2CCc2ccccc21. The van der Waals surface area contributed by atoms with E-state index in [1.807, 2.05) is 0 Å². The van der Waals surface area contributed by atoms with Crippen LogP contribution in [0.5, 0.6) is 0 Å². The van der Waals surface area contributed by atoms with Gasteiger partial charge in [-0.2, -0.15) is 5.26 Å². The molecule has 0 saturated carbocycles. The number of hydrogen-bond acceptors (Lipinski definition) is 1. The third-order valence-corrected chi connectivity index (χ3v) is 3.68. The quantitative estimate of drug-likeness (QED) is 0.741. The third-order valence-electron chi connectivity index (χ3n) is 3.68. The van der Waals surface area contributed by atoms with Crippen molar-refractivity contribution in [1.29, 1.82) is 5.26 Å². The number of hydrogen-bond donors (Lipinski definition) is 0. The van der Waals surface area contributed by atoms with Crippen molar-refractivity contribution in [3.8, 4) is 6.07 Å². The molecule has 1 nitrogen and oxygen atoms in total. The Morgan fingerprint density at radius 1 is 0.895 bits per heavy atom. The Morgan fingerprint density at radius 3 is 1.95 bits per heavy atom. The maximum Gasteiger partial charge on any atom is 0.0663 e. The number of allylic oxidation sites excluding steroid dienone is 1. The highest BCUT2D eigenvalue weighted by atomic mass is 14.2. The molecule has 3 rings (SSSR count). The van der Waals surface area contributed by atoms with E-state index in [2.05, 4.69) is 60.7 Å². The zero-order valence-electron chi connectivity index (χ0n) is 10.8. The average Bonchev–Trinajstić information content (AvgIpc) is 2.62. The van der Waals surface area contributed by atoms with Crippen molar-refractivity contribution < 1.29 is 0 Å². The molecule has 0 heterocycles. The van der Waals surface area contributed by atoms with E-state index < -0.39 is 0 Å². The molecule has 0 atom stereocenters. The van der Waals surface area contributed by atoms with Gasteiger partial charge in [-0.3, -0.25) is 0 Å². The van der Waals surface area contributed by atoms with Gasteiger partial charge in [0.1, 0.15) is 0 Å². The molecule has 0 radical (unpaired) electrons. The molecule has 92 valence electrons. The Kier molecular flexibility index (Phi) is 3.16. The van der Waals surface area contributed by atoms with Crippen LogP contribution in [0.15, 0.2) is 54.6 Å². The minimum Gasteiger partial charge on any atom is -0.198 e. The van der Waals surface area contributed by atoms with Crippen molar-refractivity contribution in [1.82, 2.24) is 0 Å². The second-order valence-electron chi connectivity index (χ2n) is 4.79. The number of nitrogens with zero attached hydrogens (tertiary/aromatic N) is 1. The molecule has 2 aromatic carbocycles. The summed E-state index contributed by atoms with van der Waals surface area (Å²) in [6.45, 7) is 0. The van der Waals surface area contributed by atoms with Gasteiger partial charge < -0.3 is 0 Å². The molecule has 0 unspecified atom stereocenters. The van der Waals surface area contributed by atoms with Gasteiger partial charge in [0.2, 0.25) is 0 Å². The van der Waals surface area contributed by atoms with Crippen LogP contribution in [-0.4, -0.2) is 0 Å². The molecule has 1 heteroatoms. The largest absolute Gasteiger partial charge is 0.198 e. The number of aryl methyl sites for hydroxylation is 2. The van der Waals surface area contributed by atoms with Crippen LogP contribution in [-0.2, 0) is 12.8 Å². The van der Waals surface area contributed by atoms with Crippen LogP contribution in [0.25, 0.3) is 5.57 Å². The second kappa shape index (κ2) is 5.12. The summed E-state index contributed by atoms with van der Waals surface area (Å²) in [5.41, 5.74) is 6.53. The Hall–Kier alpha value is -2.33. The molecule has 0 aromatic heterocycles. The van der Waals surface area contributed by atoms with Gasteiger partial charge >= 0.3 is 0 Å². The van der Waals surface area contributed by atoms with Crippen LogP contribution in [0.3, 0.4) is 0 Å². The summed E-state index contributed by atoms with van der Waals surface area (Å²) in [5, 5.41) is 8.87. The van der Waals surface area contributed by atoms with Gasteiger partial charge in [-0.15, -0.1) is 0 Å². The van der Waals surface area contributed by atoms with E-state index in [1.165, 1.54) is 27.8 Å². The summed E-state index contributed by atoms with van der Waals surface area (Å²) in [6.07, 6.45) is 4.65. The summed E-state index contributed by atoms with van der Waals surface area (Å²) < 4.78 is 0. The lowest BCUT2D eigenvalue weighted by Crippen LogP contribution is -1.91. The van der Waals surface area contributed by atoms with Gasteiger partial charge in [0.05, 0.1) is 12.5 Å². The fraction of sp³-hybridized carbons (Fsp3) is 0.167. The topological polar surface area (TPSA) is 23.8 Å². The van der Waals surface area contributed by atoms with Gasteiger partial charge in [0.25, 0.3) is 0 Å². The molecular weight excluding hydrogens is 230 g/mol. The van der Waals surface area contributed by atoms with Crippen LogP contribution in [0, 0.1) is 11.3 Å². The van der Waals surface area contributed by atoms with Gasteiger partial charge in [-0.05, 0) is 40.7 Å². The fourth-order valence-corrected chi connectivity index (χ4v) is 2.78. The maximum atomic E-state index is 8.87. The predicted octanol–water partition coefficient (Wildman–Crippen LogP) is 4.13. The van der Waals surface area contributed by atoms with E-state index >= 15 is 0 Å². The molecule has 0 fully saturated rings. The predicted molar refractivity (Wildman–Crippen MR) is 77.6 cm³/mol. The third kappa shape index (κ3) is 2.18. The van der Waals surface area contributed by atoms with Crippen molar-refractivity contribution in [2.45, 2.75) is 19.3 Å². The molecule has 0 amide bonds. The van der Waals surface area contributed by atoms with E-state index in [0.717, 1.165) is 12.8 Å². The molecule has 0 N–H and O–H groups in total. The zero-order chi connectivity index (χ0) is 13.1. The summed E-state index contributed by atoms with van der Waals surface area (Å²) >= 11 is 0. The van der Waals surface area contributed by atoms with Gasteiger partial charge in [-0.1, -0.05) is 54.6 Å². The van der Waals surface area contributed by atoms with Crippen molar-refractivity contribution in [3.63, 3.8) is 0 Å². The van der Waals surface area contributed by atoms with Crippen molar-refractivity contribution in [3.05, 3.63) is 76.9 Å². The standard InChI is InChI=1S/C18H15N/c19-13-5-10-18-16-8-3-1-6-14(16)11-12-15-7-2-4-9-17(15)18/h1-4,6-10H,5,11-12H2. The zero-order valence-corrected chi connectivity index (χ0v) is 10.8. The molecule has 19 heavy (non-hydrogen) atoms. The number of fused-ring (bicyclic) bond motifs is 2. The van der Waals surface area contributed by atoms with Crippen LogP contribution in [0.2, 0.25) is 0 Å². The van der Waals surface area contributed by atoms with Crippen LogP contribution < -0.4 is 0 Å². The van der Waals surface area contributed by atoms with Crippen molar-refractivity contribution in [2.75, 3.05) is 0 Å². The summed E-state index contributed by atoms with van der Waals surface area (Å²) in [5.74, 6) is 0. The minimum absolute atomic E-state index is 0.456. The van der Waals surface area contributed by atoms with Crippen LogP contribution in [0.1, 0.15) is 28.7 Å². The lowest BCUT2D eigenvalue weighted by molar-refractivity contribution is 0.965. The van der Waals surface area contributed by atoms with Gasteiger partial charge in [-0.25, -0.2) is 0 Å². The molecule has 1 aliphatic carbocycles. The Balaban J connectivity index is 2.23. The number of rotatable bonds is 1. The lowest BCUT2D eigenvalue weighted by atomic mass is 9.93. The summed E-state index contributed by atoms with van der Waals surface area (Å²) in [7, 11) is 0. The van der Waals surface area contributed by atoms with E-state index in [9.17, 15) is 0 Å². The first-order valence-corrected chi connectivity index (χ1v) is 6.64. The fourth-order valence-electron chi connectivity index (χ4n) is 2.78. The Bertz CT molecular complexity index is 625. The highest BCUT2D eigenvalue weighted by Crippen LogP contribution is 2.33. The monoisotopic (exact) mass is 245 g/mol. The molecule has 0 bridgehead atoms. The molecule has 1 aliphatic rings. The van der Waals surface area contributed by atoms with E-state index in [1.54, 1.807) is 0 Å². The summed E-state index contributed by atoms with van der Waals surface area (Å²) in [4.78, 5) is 0. The van der Waals surface area contributed by atoms with Gasteiger partial charge in [0, 0.05) is 0 Å². The van der Waals surface area contributed by atoms with Crippen LogP contribution >= 0.6 is 0 Å². The van der Waals surface area contributed by atoms with Crippen molar-refractivity contribution >= 4 is 5.57 Å². The summed E-state index contributed by atoms with van der Waals surface area (Å²) in [6, 6.07) is 19.3. The first-order chi connectivity index (χ1) is 9.40. The smallest absolute Gasteiger partial charge is 0.0663 e. The highest BCUT2D eigenvalue weighted by molar-refractivity contribution is 5.84. The Morgan fingerprint density at radius 2 is 1.42 bits per heavy atom. The van der Waals surface area contributed by atoms with E-state index in [-0.39, 0.29) is 0 Å². The molecule has 0 aliphatic heterocycles. The highest BCUT2D eigenvalue weighted by Gasteiger charge is 2.16. The average molecular weight is 245 g/mol. The lowest BCUT2D eigenvalue weighted by Gasteiger charge is -2.11. The maximum absolute atomic E-state index is 8.87. The van der Waals surface area contributed by atoms with E-state index in [0.29, 0.717) is 6.42 Å².